The molecule has 7 nitrogen and oxygen atoms in total. The van der Waals surface area contributed by atoms with Crippen molar-refractivity contribution in [3.63, 3.8) is 0 Å². The number of rotatable bonds is 8. The third-order valence-corrected chi connectivity index (χ3v) is 5.42. The van der Waals surface area contributed by atoms with Crippen molar-refractivity contribution in [1.82, 2.24) is 0 Å². The molecule has 0 radical (unpaired) electrons. The number of benzene rings is 4. The molecule has 0 saturated carbocycles. The summed E-state index contributed by atoms with van der Waals surface area (Å²) in [7, 11) is 0. The minimum Gasteiger partial charge on any atom is -0.478 e. The number of carbonyl (C=O) groups is 3. The van der Waals surface area contributed by atoms with E-state index in [0.717, 1.165) is 36.4 Å². The van der Waals surface area contributed by atoms with Gasteiger partial charge in [-0.15, -0.1) is 0 Å². The molecule has 0 unspecified atom stereocenters. The van der Waals surface area contributed by atoms with Gasteiger partial charge in [0.05, 0.1) is 22.5 Å². The molecule has 0 aliphatic heterocycles. The summed E-state index contributed by atoms with van der Waals surface area (Å²) in [4.78, 5) is 36.7. The fourth-order valence-corrected chi connectivity index (χ4v) is 3.57. The Morgan fingerprint density at radius 2 is 0.921 bits per heavy atom. The van der Waals surface area contributed by atoms with Gasteiger partial charge in [-0.1, -0.05) is 0 Å². The predicted octanol–water partition coefficient (Wildman–Crippen LogP) is 6.36. The van der Waals surface area contributed by atoms with Crippen molar-refractivity contribution in [3.8, 4) is 0 Å². The van der Waals surface area contributed by atoms with Gasteiger partial charge in [0.15, 0.2) is 29.1 Å². The van der Waals surface area contributed by atoms with Gasteiger partial charge in [0, 0.05) is 34.6 Å². The van der Waals surface area contributed by atoms with Crippen molar-refractivity contribution in [3.05, 3.63) is 118 Å². The van der Waals surface area contributed by atoms with Crippen LogP contribution >= 0.6 is 0 Å². The van der Waals surface area contributed by atoms with E-state index in [1.807, 2.05) is 0 Å². The number of carboxylic acid groups (broad SMARTS) is 2. The first-order valence-corrected chi connectivity index (χ1v) is 10.8. The number of hydrogen-bond donors (Lipinski definition) is 4. The maximum absolute atomic E-state index is 13.5. The summed E-state index contributed by atoms with van der Waals surface area (Å²) < 4.78 is 53.4. The van der Waals surface area contributed by atoms with Crippen molar-refractivity contribution in [2.45, 2.75) is 0 Å². The third-order valence-electron chi connectivity index (χ3n) is 5.42. The second-order valence-electron chi connectivity index (χ2n) is 7.97. The topological polar surface area (TPSA) is 116 Å². The van der Waals surface area contributed by atoms with Crippen LogP contribution in [0.3, 0.4) is 0 Å². The van der Waals surface area contributed by atoms with E-state index in [1.54, 1.807) is 0 Å². The second-order valence-corrected chi connectivity index (χ2v) is 7.97. The molecule has 4 aromatic carbocycles. The maximum atomic E-state index is 13.5. The van der Waals surface area contributed by atoms with Gasteiger partial charge in [0.2, 0.25) is 0 Å². The lowest BCUT2D eigenvalue weighted by Crippen LogP contribution is -2.10. The van der Waals surface area contributed by atoms with Gasteiger partial charge in [-0.05, 0) is 60.7 Å². The number of carboxylic acids is 2. The fourth-order valence-electron chi connectivity index (χ4n) is 3.57. The lowest BCUT2D eigenvalue weighted by atomic mass is 9.98. The number of ketones is 1. The number of aromatic carboxylic acids is 2. The van der Waals surface area contributed by atoms with E-state index in [1.165, 1.54) is 36.4 Å². The molecule has 0 saturated heterocycles. The number of carbonyl (C=O) groups excluding carboxylic acids is 1. The van der Waals surface area contributed by atoms with Crippen LogP contribution in [0.5, 0.6) is 0 Å². The Labute approximate surface area is 212 Å². The Morgan fingerprint density at radius 3 is 1.26 bits per heavy atom. The van der Waals surface area contributed by atoms with E-state index in [4.69, 9.17) is 0 Å². The second kappa shape index (κ2) is 10.4. The summed E-state index contributed by atoms with van der Waals surface area (Å²) in [5.41, 5.74) is -0.741. The Morgan fingerprint density at radius 1 is 0.526 bits per heavy atom. The Bertz CT molecular complexity index is 1490. The van der Waals surface area contributed by atoms with E-state index < -0.39 is 41.0 Å². The van der Waals surface area contributed by atoms with Crippen LogP contribution < -0.4 is 10.6 Å². The average Bonchev–Trinajstić information content (AvgIpc) is 2.88. The lowest BCUT2D eigenvalue weighted by Gasteiger charge is -2.13. The molecule has 0 amide bonds. The normalized spacial score (nSPS) is 10.6. The number of anilines is 4. The molecule has 0 aliphatic rings. The summed E-state index contributed by atoms with van der Waals surface area (Å²) in [6.07, 6.45) is 0. The standard InChI is InChI=1S/C27H16F4N2O5/c28-19-5-3-15(11-21(19)30)32-23-7-1-13(9-17(23)26(35)36)25(34)14-2-8-24(18(10-14)27(37)38)33-16-4-6-20(29)22(31)12-16/h1-12,32-33H,(H,35,36)(H,37,38). The van der Waals surface area contributed by atoms with E-state index in [9.17, 15) is 42.2 Å². The monoisotopic (exact) mass is 524 g/mol. The van der Waals surface area contributed by atoms with E-state index >= 15 is 0 Å². The Hall–Kier alpha value is -5.19. The van der Waals surface area contributed by atoms with E-state index in [2.05, 4.69) is 10.6 Å². The number of hydrogen-bond acceptors (Lipinski definition) is 5. The molecule has 4 aromatic rings. The highest BCUT2D eigenvalue weighted by Gasteiger charge is 2.19. The Kier molecular flexibility index (Phi) is 7.10. The fraction of sp³-hybridized carbons (Fsp3) is 0. The van der Waals surface area contributed by atoms with Gasteiger partial charge in [-0.2, -0.15) is 0 Å². The first kappa shape index (κ1) is 25.9. The SMILES string of the molecule is O=C(c1ccc(Nc2ccc(F)c(F)c2)c(C(=O)O)c1)c1ccc(Nc2ccc(F)c(F)c2)c(C(=O)O)c1. The van der Waals surface area contributed by atoms with Gasteiger partial charge in [0.25, 0.3) is 0 Å². The molecular weight excluding hydrogens is 508 g/mol. The first-order chi connectivity index (χ1) is 18.0. The Balaban J connectivity index is 1.64. The van der Waals surface area contributed by atoms with Crippen LogP contribution in [-0.4, -0.2) is 27.9 Å². The zero-order chi connectivity index (χ0) is 27.6. The van der Waals surface area contributed by atoms with Crippen molar-refractivity contribution in [2.24, 2.45) is 0 Å². The van der Waals surface area contributed by atoms with Crippen LogP contribution in [0, 0.1) is 23.3 Å². The zero-order valence-corrected chi connectivity index (χ0v) is 19.1. The first-order valence-electron chi connectivity index (χ1n) is 10.8. The molecule has 4 rings (SSSR count). The molecule has 0 atom stereocenters. The lowest BCUT2D eigenvalue weighted by molar-refractivity contribution is 0.0687. The molecule has 192 valence electrons. The van der Waals surface area contributed by atoms with Crippen molar-refractivity contribution in [1.29, 1.82) is 0 Å². The quantitative estimate of drug-likeness (QED) is 0.157. The summed E-state index contributed by atoms with van der Waals surface area (Å²) in [6.45, 7) is 0. The van der Waals surface area contributed by atoms with Gasteiger partial charge in [-0.3, -0.25) is 4.79 Å². The minimum atomic E-state index is -1.41. The highest BCUT2D eigenvalue weighted by atomic mass is 19.2. The van der Waals surface area contributed by atoms with Crippen LogP contribution in [-0.2, 0) is 0 Å². The molecule has 0 bridgehead atoms. The molecule has 0 heterocycles. The van der Waals surface area contributed by atoms with Crippen LogP contribution in [0.15, 0.2) is 72.8 Å². The van der Waals surface area contributed by atoms with Crippen molar-refractivity contribution in [2.75, 3.05) is 10.6 Å². The smallest absolute Gasteiger partial charge is 0.337 e. The largest absolute Gasteiger partial charge is 0.478 e. The van der Waals surface area contributed by atoms with E-state index in [0.29, 0.717) is 0 Å². The average molecular weight is 524 g/mol. The van der Waals surface area contributed by atoms with Crippen LogP contribution in [0.1, 0.15) is 36.6 Å². The van der Waals surface area contributed by atoms with Crippen molar-refractivity contribution >= 4 is 40.5 Å². The summed E-state index contributed by atoms with van der Waals surface area (Å²) in [6, 6.07) is 13.0. The summed E-state index contributed by atoms with van der Waals surface area (Å²) in [5.74, 6) is -7.98. The van der Waals surface area contributed by atoms with Crippen LogP contribution in [0.4, 0.5) is 40.3 Å². The molecule has 0 aliphatic carbocycles. The van der Waals surface area contributed by atoms with Gasteiger partial charge < -0.3 is 20.8 Å². The highest BCUT2D eigenvalue weighted by molar-refractivity contribution is 6.12. The molecule has 4 N–H and O–H groups in total. The van der Waals surface area contributed by atoms with Gasteiger partial charge in [-0.25, -0.2) is 27.2 Å². The molecule has 0 aromatic heterocycles. The predicted molar refractivity (Wildman–Crippen MR) is 130 cm³/mol. The zero-order valence-electron chi connectivity index (χ0n) is 19.1. The molecular formula is C27H16F4N2O5. The maximum Gasteiger partial charge on any atom is 0.337 e. The molecule has 38 heavy (non-hydrogen) atoms. The molecule has 0 spiro atoms. The van der Waals surface area contributed by atoms with Crippen LogP contribution in [0.2, 0.25) is 0 Å². The third kappa shape index (κ3) is 5.46. The van der Waals surface area contributed by atoms with Crippen LogP contribution in [0.25, 0.3) is 0 Å². The minimum absolute atomic E-state index is 0.00244. The molecule has 0 fully saturated rings. The summed E-state index contributed by atoms with van der Waals surface area (Å²) >= 11 is 0. The van der Waals surface area contributed by atoms with E-state index in [-0.39, 0.29) is 45.0 Å². The number of halogens is 4. The van der Waals surface area contributed by atoms with Gasteiger partial charge >= 0.3 is 11.9 Å². The summed E-state index contributed by atoms with van der Waals surface area (Å²) in [5, 5.41) is 24.6. The van der Waals surface area contributed by atoms with Crippen molar-refractivity contribution < 1.29 is 42.2 Å². The number of nitrogens with one attached hydrogen (secondary N) is 2. The highest BCUT2D eigenvalue weighted by Crippen LogP contribution is 2.27. The molecule has 11 heteroatoms. The van der Waals surface area contributed by atoms with Gasteiger partial charge in [0.1, 0.15) is 0 Å².